The van der Waals surface area contributed by atoms with Crippen LogP contribution < -0.4 is 0 Å². The number of pyridine rings is 1. The molecule has 5 nitrogen and oxygen atoms in total. The van der Waals surface area contributed by atoms with Gasteiger partial charge in [0, 0.05) is 12.4 Å². The maximum atomic E-state index is 10.9. The van der Waals surface area contributed by atoms with Gasteiger partial charge in [-0.15, -0.1) is 0 Å². The van der Waals surface area contributed by atoms with Crippen molar-refractivity contribution in [2.75, 3.05) is 0 Å². The number of nitrogens with zero attached hydrogens (tertiary/aromatic N) is 3. The lowest BCUT2D eigenvalue weighted by Crippen LogP contribution is -2.06. The van der Waals surface area contributed by atoms with E-state index in [0.29, 0.717) is 5.69 Å². The summed E-state index contributed by atoms with van der Waals surface area (Å²) in [6.07, 6.45) is 6.15. The first-order valence-corrected chi connectivity index (χ1v) is 4.85. The number of hydrogen-bond acceptors (Lipinski definition) is 3. The van der Waals surface area contributed by atoms with Crippen molar-refractivity contribution in [3.05, 3.63) is 40.9 Å². The Morgan fingerprint density at radius 2 is 2.27 bits per heavy atom. The molecule has 0 amide bonds. The molecule has 0 radical (unpaired) electrons. The number of carbonyl (C=O) groups is 1. The van der Waals surface area contributed by atoms with Crippen LogP contribution >= 0.6 is 15.9 Å². The summed E-state index contributed by atoms with van der Waals surface area (Å²) < 4.78 is 2.24. The summed E-state index contributed by atoms with van der Waals surface area (Å²) in [7, 11) is 0. The number of hydrogen-bond donors (Lipinski definition) is 1. The highest BCUT2D eigenvalue weighted by Crippen LogP contribution is 2.15. The van der Waals surface area contributed by atoms with Gasteiger partial charge in [-0.2, -0.15) is 5.10 Å². The molecular weight excluding hydrogens is 262 g/mol. The SMILES string of the molecule is O=C(O)c1ccncc1-n1cc(Br)cn1. The summed E-state index contributed by atoms with van der Waals surface area (Å²) in [6, 6.07) is 1.44. The fraction of sp³-hybridized carbons (Fsp3) is 0. The van der Waals surface area contributed by atoms with Gasteiger partial charge in [0.2, 0.25) is 0 Å². The molecule has 2 heterocycles. The van der Waals surface area contributed by atoms with Crippen molar-refractivity contribution in [1.29, 1.82) is 0 Å². The van der Waals surface area contributed by atoms with Crippen LogP contribution in [0.3, 0.4) is 0 Å². The van der Waals surface area contributed by atoms with E-state index in [9.17, 15) is 4.79 Å². The van der Waals surface area contributed by atoms with Crippen molar-refractivity contribution in [2.45, 2.75) is 0 Å². The number of carboxylic acid groups (broad SMARTS) is 1. The molecule has 1 N–H and O–H groups in total. The third-order valence-electron chi connectivity index (χ3n) is 1.83. The highest BCUT2D eigenvalue weighted by Gasteiger charge is 2.11. The van der Waals surface area contributed by atoms with Crippen LogP contribution in [0.5, 0.6) is 0 Å². The van der Waals surface area contributed by atoms with E-state index in [-0.39, 0.29) is 5.56 Å². The molecular formula is C9H6BrN3O2. The standard InChI is InChI=1S/C9H6BrN3O2/c10-6-3-12-13(5-6)8-4-11-2-1-7(8)9(14)15/h1-5H,(H,14,15). The molecule has 0 aliphatic carbocycles. The Bertz CT molecular complexity index is 510. The molecule has 0 saturated carbocycles. The van der Waals surface area contributed by atoms with E-state index in [1.807, 2.05) is 0 Å². The Labute approximate surface area is 93.5 Å². The molecule has 2 aromatic heterocycles. The lowest BCUT2D eigenvalue weighted by Gasteiger charge is -2.03. The van der Waals surface area contributed by atoms with Gasteiger partial charge < -0.3 is 5.11 Å². The minimum atomic E-state index is -1.00. The lowest BCUT2D eigenvalue weighted by atomic mass is 10.2. The van der Waals surface area contributed by atoms with Gasteiger partial charge in [-0.25, -0.2) is 9.48 Å². The zero-order chi connectivity index (χ0) is 10.8. The molecule has 2 rings (SSSR count). The van der Waals surface area contributed by atoms with Gasteiger partial charge >= 0.3 is 5.97 Å². The van der Waals surface area contributed by atoms with E-state index in [0.717, 1.165) is 4.47 Å². The fourth-order valence-electron chi connectivity index (χ4n) is 1.18. The van der Waals surface area contributed by atoms with Gasteiger partial charge in [0.05, 0.1) is 28.1 Å². The molecule has 76 valence electrons. The Morgan fingerprint density at radius 1 is 1.47 bits per heavy atom. The Hall–Kier alpha value is -1.69. The maximum Gasteiger partial charge on any atom is 0.338 e. The van der Waals surface area contributed by atoms with Crippen molar-refractivity contribution in [1.82, 2.24) is 14.8 Å². The van der Waals surface area contributed by atoms with Crippen LogP contribution in [-0.4, -0.2) is 25.8 Å². The Morgan fingerprint density at radius 3 is 2.87 bits per heavy atom. The van der Waals surface area contributed by atoms with Crippen LogP contribution in [0.1, 0.15) is 10.4 Å². The van der Waals surface area contributed by atoms with Crippen molar-refractivity contribution in [2.24, 2.45) is 0 Å². The number of aromatic carboxylic acids is 1. The van der Waals surface area contributed by atoms with Crippen LogP contribution in [0.2, 0.25) is 0 Å². The lowest BCUT2D eigenvalue weighted by molar-refractivity contribution is 0.0696. The third kappa shape index (κ3) is 1.89. The fourth-order valence-corrected chi connectivity index (χ4v) is 1.47. The van der Waals surface area contributed by atoms with Gasteiger partial charge in [0.25, 0.3) is 0 Å². The largest absolute Gasteiger partial charge is 0.478 e. The van der Waals surface area contributed by atoms with Gasteiger partial charge in [0.1, 0.15) is 0 Å². The average molecular weight is 268 g/mol. The van der Waals surface area contributed by atoms with E-state index >= 15 is 0 Å². The first-order valence-electron chi connectivity index (χ1n) is 4.06. The summed E-state index contributed by atoms with van der Waals surface area (Å²) >= 11 is 3.24. The number of aromatic nitrogens is 3. The molecule has 0 aliphatic heterocycles. The highest BCUT2D eigenvalue weighted by molar-refractivity contribution is 9.10. The second-order valence-electron chi connectivity index (χ2n) is 2.80. The van der Waals surface area contributed by atoms with Crippen molar-refractivity contribution >= 4 is 21.9 Å². The van der Waals surface area contributed by atoms with E-state index in [1.54, 1.807) is 12.4 Å². The topological polar surface area (TPSA) is 68.0 Å². The molecule has 0 saturated heterocycles. The molecule has 0 aliphatic rings. The molecule has 2 aromatic rings. The molecule has 0 fully saturated rings. The summed E-state index contributed by atoms with van der Waals surface area (Å²) in [5.74, 6) is -1.00. The summed E-state index contributed by atoms with van der Waals surface area (Å²) in [5.41, 5.74) is 0.608. The molecule has 0 spiro atoms. The molecule has 0 aromatic carbocycles. The third-order valence-corrected chi connectivity index (χ3v) is 2.24. The van der Waals surface area contributed by atoms with Gasteiger partial charge in [-0.1, -0.05) is 0 Å². The zero-order valence-electron chi connectivity index (χ0n) is 7.46. The first kappa shape index (κ1) is 9.85. The minimum absolute atomic E-state index is 0.167. The highest BCUT2D eigenvalue weighted by atomic mass is 79.9. The van der Waals surface area contributed by atoms with Gasteiger partial charge in [-0.05, 0) is 22.0 Å². The Balaban J connectivity index is 2.57. The van der Waals surface area contributed by atoms with Crippen LogP contribution in [0.15, 0.2) is 35.3 Å². The van der Waals surface area contributed by atoms with Crippen LogP contribution in [0.4, 0.5) is 0 Å². The zero-order valence-corrected chi connectivity index (χ0v) is 9.05. The number of halogens is 1. The van der Waals surface area contributed by atoms with E-state index < -0.39 is 5.97 Å². The van der Waals surface area contributed by atoms with Gasteiger partial charge in [-0.3, -0.25) is 4.98 Å². The summed E-state index contributed by atoms with van der Waals surface area (Å²) in [5, 5.41) is 12.9. The second kappa shape index (κ2) is 3.82. The molecule has 0 unspecified atom stereocenters. The second-order valence-corrected chi connectivity index (χ2v) is 3.72. The molecule has 15 heavy (non-hydrogen) atoms. The van der Waals surface area contributed by atoms with Gasteiger partial charge in [0.15, 0.2) is 0 Å². The van der Waals surface area contributed by atoms with Crippen LogP contribution in [0, 0.1) is 0 Å². The van der Waals surface area contributed by atoms with Crippen LogP contribution in [-0.2, 0) is 0 Å². The smallest absolute Gasteiger partial charge is 0.338 e. The predicted octanol–water partition coefficient (Wildman–Crippen LogP) is 1.73. The predicted molar refractivity (Wildman–Crippen MR) is 56.0 cm³/mol. The molecule has 0 atom stereocenters. The summed E-state index contributed by atoms with van der Waals surface area (Å²) in [6.45, 7) is 0. The van der Waals surface area contributed by atoms with E-state index in [1.165, 1.54) is 23.1 Å². The quantitative estimate of drug-likeness (QED) is 0.900. The average Bonchev–Trinajstić information content (AvgIpc) is 2.65. The maximum absolute atomic E-state index is 10.9. The minimum Gasteiger partial charge on any atom is -0.478 e. The number of carboxylic acids is 1. The van der Waals surface area contributed by atoms with Crippen molar-refractivity contribution < 1.29 is 9.90 Å². The summed E-state index contributed by atoms with van der Waals surface area (Å²) in [4.78, 5) is 14.8. The number of rotatable bonds is 2. The van der Waals surface area contributed by atoms with E-state index in [4.69, 9.17) is 5.11 Å². The normalized spacial score (nSPS) is 10.2. The molecule has 0 bridgehead atoms. The Kier molecular flexibility index (Phi) is 2.51. The van der Waals surface area contributed by atoms with E-state index in [2.05, 4.69) is 26.0 Å². The van der Waals surface area contributed by atoms with Crippen LogP contribution in [0.25, 0.3) is 5.69 Å². The monoisotopic (exact) mass is 267 g/mol. The first-order chi connectivity index (χ1) is 7.18. The molecule has 6 heteroatoms. The van der Waals surface area contributed by atoms with Crippen molar-refractivity contribution in [3.63, 3.8) is 0 Å². The van der Waals surface area contributed by atoms with Crippen molar-refractivity contribution in [3.8, 4) is 5.69 Å².